The number of sulfonamides is 1. The van der Waals surface area contributed by atoms with Crippen LogP contribution in [0.4, 0.5) is 5.69 Å². The molecule has 1 amide bonds. The molecule has 0 spiro atoms. The average molecular weight is 482 g/mol. The molecule has 0 bridgehead atoms. The number of nitrogens with zero attached hydrogens (tertiary/aromatic N) is 4. The van der Waals surface area contributed by atoms with E-state index in [4.69, 9.17) is 23.2 Å². The number of amides is 1. The molecule has 164 valence electrons. The summed E-state index contributed by atoms with van der Waals surface area (Å²) in [7, 11) is -3.67. The van der Waals surface area contributed by atoms with Gasteiger partial charge in [-0.05, 0) is 48.4 Å². The number of carbonyl (C=O) groups excluding carboxylic acids is 1. The fourth-order valence-corrected chi connectivity index (χ4v) is 4.43. The molecule has 0 aliphatic carbocycles. The van der Waals surface area contributed by atoms with Gasteiger partial charge in [-0.1, -0.05) is 29.3 Å². The van der Waals surface area contributed by atoms with Crippen molar-refractivity contribution in [2.24, 2.45) is 0 Å². The topological polar surface area (TPSA) is 97.2 Å². The second kappa shape index (κ2) is 10.2. The molecular formula is C20H21Cl2N5O3S. The molecule has 1 N–H and O–H groups in total. The van der Waals surface area contributed by atoms with Crippen LogP contribution in [0.3, 0.4) is 0 Å². The van der Waals surface area contributed by atoms with Crippen LogP contribution in [-0.4, -0.2) is 35.6 Å². The Kier molecular flexibility index (Phi) is 7.66. The van der Waals surface area contributed by atoms with Crippen LogP contribution in [0.2, 0.25) is 10.0 Å². The molecule has 3 rings (SSSR count). The number of halogens is 2. The van der Waals surface area contributed by atoms with Gasteiger partial charge in [0.25, 0.3) is 0 Å². The Morgan fingerprint density at radius 3 is 2.52 bits per heavy atom. The van der Waals surface area contributed by atoms with E-state index < -0.39 is 10.0 Å². The molecule has 31 heavy (non-hydrogen) atoms. The van der Waals surface area contributed by atoms with E-state index in [1.807, 2.05) is 0 Å². The lowest BCUT2D eigenvalue weighted by Gasteiger charge is -2.22. The van der Waals surface area contributed by atoms with E-state index in [9.17, 15) is 13.2 Å². The van der Waals surface area contributed by atoms with Crippen molar-refractivity contribution in [1.29, 1.82) is 0 Å². The third-order valence-electron chi connectivity index (χ3n) is 4.51. The highest BCUT2D eigenvalue weighted by Crippen LogP contribution is 2.25. The van der Waals surface area contributed by atoms with Crippen LogP contribution >= 0.6 is 23.2 Å². The maximum Gasteiger partial charge on any atom is 0.240 e. The molecule has 0 fully saturated rings. The molecule has 0 aliphatic heterocycles. The largest absolute Gasteiger partial charge is 0.308 e. The maximum absolute atomic E-state index is 12.5. The summed E-state index contributed by atoms with van der Waals surface area (Å²) in [6.07, 6.45) is 3.57. The molecule has 3 aromatic rings. The zero-order chi connectivity index (χ0) is 22.4. The van der Waals surface area contributed by atoms with E-state index in [1.165, 1.54) is 30.3 Å². The van der Waals surface area contributed by atoms with Crippen LogP contribution in [-0.2, 0) is 27.9 Å². The molecular weight excluding hydrogens is 461 g/mol. The first-order valence-corrected chi connectivity index (χ1v) is 11.6. The van der Waals surface area contributed by atoms with Crippen molar-refractivity contribution >= 4 is 44.8 Å². The summed E-state index contributed by atoms with van der Waals surface area (Å²) in [6.45, 7) is 2.49. The van der Waals surface area contributed by atoms with E-state index in [1.54, 1.807) is 41.3 Å². The Balaban J connectivity index is 1.66. The molecule has 0 radical (unpaired) electrons. The van der Waals surface area contributed by atoms with Crippen LogP contribution in [0.1, 0.15) is 18.9 Å². The molecule has 1 aromatic heterocycles. The van der Waals surface area contributed by atoms with Gasteiger partial charge in [-0.25, -0.2) is 18.1 Å². The third kappa shape index (κ3) is 6.27. The smallest absolute Gasteiger partial charge is 0.240 e. The van der Waals surface area contributed by atoms with Crippen molar-refractivity contribution in [3.05, 3.63) is 70.7 Å². The van der Waals surface area contributed by atoms with Crippen LogP contribution in [0.15, 0.2) is 60.0 Å². The Morgan fingerprint density at radius 2 is 1.90 bits per heavy atom. The number of benzene rings is 2. The molecule has 1 heterocycles. The Hall–Kier alpha value is -2.46. The van der Waals surface area contributed by atoms with Gasteiger partial charge in [0.15, 0.2) is 0 Å². The highest BCUT2D eigenvalue weighted by atomic mass is 35.5. The first-order chi connectivity index (χ1) is 14.8. The first kappa shape index (κ1) is 23.2. The van der Waals surface area contributed by atoms with Crippen LogP contribution in [0.25, 0.3) is 0 Å². The van der Waals surface area contributed by atoms with Crippen molar-refractivity contribution < 1.29 is 13.2 Å². The van der Waals surface area contributed by atoms with Crippen molar-refractivity contribution in [3.8, 4) is 0 Å². The van der Waals surface area contributed by atoms with Gasteiger partial charge in [0.05, 0.1) is 11.4 Å². The summed E-state index contributed by atoms with van der Waals surface area (Å²) >= 11 is 12.2. The number of carbonyl (C=O) groups is 1. The number of hydrogen-bond donors (Lipinski definition) is 1. The fraction of sp³-hybridized carbons (Fsp3) is 0.250. The van der Waals surface area contributed by atoms with Gasteiger partial charge in [0, 0.05) is 35.7 Å². The summed E-state index contributed by atoms with van der Waals surface area (Å²) in [4.78, 5) is 17.7. The quantitative estimate of drug-likeness (QED) is 0.471. The van der Waals surface area contributed by atoms with Gasteiger partial charge in [-0.15, -0.1) is 0 Å². The standard InChI is InChI=1S/C20H21Cl2N5O3S/c1-15(28)27(12-16-3-4-17(21)11-20(16)22)18-5-7-19(8-6-18)31(29,30)25-9-2-10-26-14-23-13-24-26/h3-8,11,13-14,25H,2,9-10,12H2,1H3. The van der Waals surface area contributed by atoms with Gasteiger partial charge < -0.3 is 4.90 Å². The average Bonchev–Trinajstić information content (AvgIpc) is 3.24. The molecule has 0 saturated heterocycles. The summed E-state index contributed by atoms with van der Waals surface area (Å²) < 4.78 is 29.2. The Bertz CT molecular complexity index is 1140. The second-order valence-corrected chi connectivity index (χ2v) is 9.36. The van der Waals surface area contributed by atoms with Crippen molar-refractivity contribution in [1.82, 2.24) is 19.5 Å². The molecule has 0 saturated carbocycles. The summed E-state index contributed by atoms with van der Waals surface area (Å²) in [5, 5.41) is 4.93. The lowest BCUT2D eigenvalue weighted by Crippen LogP contribution is -2.28. The SMILES string of the molecule is CC(=O)N(Cc1ccc(Cl)cc1Cl)c1ccc(S(=O)(=O)NCCCn2cncn2)cc1. The zero-order valence-corrected chi connectivity index (χ0v) is 19.0. The first-order valence-electron chi connectivity index (χ1n) is 9.40. The predicted molar refractivity (Wildman–Crippen MR) is 120 cm³/mol. The number of nitrogens with one attached hydrogen (secondary N) is 1. The minimum Gasteiger partial charge on any atom is -0.308 e. The van der Waals surface area contributed by atoms with Crippen molar-refractivity contribution in [3.63, 3.8) is 0 Å². The fourth-order valence-electron chi connectivity index (χ4n) is 2.89. The predicted octanol–water partition coefficient (Wildman–Crippen LogP) is 3.51. The van der Waals surface area contributed by atoms with Gasteiger partial charge in [-0.3, -0.25) is 9.48 Å². The van der Waals surface area contributed by atoms with E-state index in [-0.39, 0.29) is 23.9 Å². The molecule has 0 atom stereocenters. The van der Waals surface area contributed by atoms with Crippen molar-refractivity contribution in [2.75, 3.05) is 11.4 Å². The molecule has 8 nitrogen and oxygen atoms in total. The van der Waals surface area contributed by atoms with E-state index in [0.717, 1.165) is 5.56 Å². The lowest BCUT2D eigenvalue weighted by molar-refractivity contribution is -0.116. The van der Waals surface area contributed by atoms with Gasteiger partial charge >= 0.3 is 0 Å². The summed E-state index contributed by atoms with van der Waals surface area (Å²) in [5.41, 5.74) is 1.29. The van der Waals surface area contributed by atoms with Crippen LogP contribution in [0.5, 0.6) is 0 Å². The number of aromatic nitrogens is 3. The summed E-state index contributed by atoms with van der Waals surface area (Å²) in [5.74, 6) is -0.201. The second-order valence-electron chi connectivity index (χ2n) is 6.74. The zero-order valence-electron chi connectivity index (χ0n) is 16.7. The van der Waals surface area contributed by atoms with E-state index in [0.29, 0.717) is 28.7 Å². The van der Waals surface area contributed by atoms with Crippen LogP contribution in [0, 0.1) is 0 Å². The Labute approximate surface area is 190 Å². The highest BCUT2D eigenvalue weighted by molar-refractivity contribution is 7.89. The minimum atomic E-state index is -3.67. The third-order valence-corrected chi connectivity index (χ3v) is 6.57. The maximum atomic E-state index is 12.5. The van der Waals surface area contributed by atoms with Gasteiger partial charge in [0.2, 0.25) is 15.9 Å². The molecule has 2 aromatic carbocycles. The normalized spacial score (nSPS) is 11.5. The molecule has 0 unspecified atom stereocenters. The number of hydrogen-bond acceptors (Lipinski definition) is 5. The summed E-state index contributed by atoms with van der Waals surface area (Å²) in [6, 6.07) is 11.2. The minimum absolute atomic E-state index is 0.116. The molecule has 0 aliphatic rings. The lowest BCUT2D eigenvalue weighted by atomic mass is 10.2. The van der Waals surface area contributed by atoms with Crippen LogP contribution < -0.4 is 9.62 Å². The highest BCUT2D eigenvalue weighted by Gasteiger charge is 2.17. The molecule has 11 heteroatoms. The van der Waals surface area contributed by atoms with E-state index >= 15 is 0 Å². The van der Waals surface area contributed by atoms with Gasteiger partial charge in [0.1, 0.15) is 12.7 Å². The van der Waals surface area contributed by atoms with Crippen molar-refractivity contribution in [2.45, 2.75) is 31.3 Å². The number of anilines is 1. The number of rotatable bonds is 9. The number of aryl methyl sites for hydroxylation is 1. The van der Waals surface area contributed by atoms with E-state index in [2.05, 4.69) is 14.8 Å². The van der Waals surface area contributed by atoms with Gasteiger partial charge in [-0.2, -0.15) is 5.10 Å². The monoisotopic (exact) mass is 481 g/mol. The Morgan fingerprint density at radius 1 is 1.16 bits per heavy atom.